The first-order chi connectivity index (χ1) is 15.0. The third kappa shape index (κ3) is 5.17. The van der Waals surface area contributed by atoms with Crippen LogP contribution in [0.2, 0.25) is 5.02 Å². The van der Waals surface area contributed by atoms with Crippen molar-refractivity contribution in [1.82, 2.24) is 4.90 Å². The Balaban J connectivity index is 1.63. The van der Waals surface area contributed by atoms with Gasteiger partial charge in [-0.15, -0.1) is 0 Å². The van der Waals surface area contributed by atoms with Gasteiger partial charge in [0.2, 0.25) is 5.91 Å². The van der Waals surface area contributed by atoms with Crippen molar-refractivity contribution in [1.29, 1.82) is 0 Å². The molecular formula is C25H21BrClNO3. The molecular weight excluding hydrogens is 478 g/mol. The average Bonchev–Trinajstić information content (AvgIpc) is 3.14. The summed E-state index contributed by atoms with van der Waals surface area (Å²) in [5, 5.41) is 0.640. The Morgan fingerprint density at radius 2 is 1.68 bits per heavy atom. The number of ether oxygens (including phenoxy) is 1. The highest BCUT2D eigenvalue weighted by molar-refractivity contribution is 9.10. The van der Waals surface area contributed by atoms with Gasteiger partial charge in [0.25, 0.3) is 0 Å². The largest absolute Gasteiger partial charge is 0.447 e. The monoisotopic (exact) mass is 497 g/mol. The Hall–Kier alpha value is -2.63. The SMILES string of the molecule is O=C1OCC(Cc2ccccc2)N1C(=O)C(Cc1ccc(Cl)cc1)c1ccc(Br)cc1. The molecule has 4 rings (SSSR count). The van der Waals surface area contributed by atoms with Crippen molar-refractivity contribution in [3.8, 4) is 0 Å². The third-order valence-corrected chi connectivity index (χ3v) is 6.22. The molecule has 1 aliphatic heterocycles. The van der Waals surface area contributed by atoms with E-state index in [0.717, 1.165) is 21.2 Å². The summed E-state index contributed by atoms with van der Waals surface area (Å²) < 4.78 is 6.21. The van der Waals surface area contributed by atoms with E-state index < -0.39 is 12.0 Å². The maximum absolute atomic E-state index is 13.7. The zero-order valence-corrected chi connectivity index (χ0v) is 19.1. The van der Waals surface area contributed by atoms with Crippen molar-refractivity contribution in [2.75, 3.05) is 6.61 Å². The Morgan fingerprint density at radius 3 is 2.35 bits per heavy atom. The molecule has 31 heavy (non-hydrogen) atoms. The van der Waals surface area contributed by atoms with Gasteiger partial charge in [-0.25, -0.2) is 9.69 Å². The molecule has 0 N–H and O–H groups in total. The zero-order valence-electron chi connectivity index (χ0n) is 16.7. The fraction of sp³-hybridized carbons (Fsp3) is 0.200. The van der Waals surface area contributed by atoms with Crippen LogP contribution in [0.25, 0.3) is 0 Å². The summed E-state index contributed by atoms with van der Waals surface area (Å²) >= 11 is 9.47. The lowest BCUT2D eigenvalue weighted by molar-refractivity contribution is -0.130. The minimum Gasteiger partial charge on any atom is -0.447 e. The molecule has 1 saturated heterocycles. The fourth-order valence-corrected chi connectivity index (χ4v) is 4.22. The second-order valence-electron chi connectivity index (χ2n) is 7.56. The van der Waals surface area contributed by atoms with Crippen molar-refractivity contribution in [2.24, 2.45) is 0 Å². The van der Waals surface area contributed by atoms with Crippen molar-refractivity contribution in [3.05, 3.63) is 105 Å². The number of nitrogens with zero attached hydrogens (tertiary/aromatic N) is 1. The van der Waals surface area contributed by atoms with Gasteiger partial charge in [-0.3, -0.25) is 4.79 Å². The first kappa shape index (κ1) is 21.6. The topological polar surface area (TPSA) is 46.6 Å². The van der Waals surface area contributed by atoms with Crippen molar-refractivity contribution in [3.63, 3.8) is 0 Å². The van der Waals surface area contributed by atoms with Crippen LogP contribution >= 0.6 is 27.5 Å². The molecule has 4 nitrogen and oxygen atoms in total. The third-order valence-electron chi connectivity index (χ3n) is 5.44. The lowest BCUT2D eigenvalue weighted by Gasteiger charge is -2.25. The number of hydrogen-bond donors (Lipinski definition) is 0. The van der Waals surface area contributed by atoms with E-state index >= 15 is 0 Å². The van der Waals surface area contributed by atoms with Crippen molar-refractivity contribution >= 4 is 39.5 Å². The number of carbonyl (C=O) groups excluding carboxylic acids is 2. The maximum Gasteiger partial charge on any atom is 0.417 e. The molecule has 0 aromatic heterocycles. The van der Waals surface area contributed by atoms with Gasteiger partial charge in [0.1, 0.15) is 6.61 Å². The summed E-state index contributed by atoms with van der Waals surface area (Å²) in [5.41, 5.74) is 2.88. The average molecular weight is 499 g/mol. The van der Waals surface area contributed by atoms with Crippen LogP contribution in [0.15, 0.2) is 83.3 Å². The molecule has 2 atom stereocenters. The first-order valence-electron chi connectivity index (χ1n) is 10.0. The molecule has 1 aliphatic rings. The number of rotatable bonds is 6. The lowest BCUT2D eigenvalue weighted by Crippen LogP contribution is -2.43. The predicted octanol–water partition coefficient (Wildman–Crippen LogP) is 6.02. The standard InChI is InChI=1S/C25H21BrClNO3/c26-20-10-8-19(9-11-20)23(15-18-6-12-21(27)13-7-18)24(29)28-22(16-31-25(28)30)14-17-4-2-1-3-5-17/h1-13,22-23H,14-16H2. The molecule has 1 fully saturated rings. The van der Waals surface area contributed by atoms with E-state index in [1.165, 1.54) is 4.90 Å². The quantitative estimate of drug-likeness (QED) is 0.417. The van der Waals surface area contributed by atoms with Gasteiger partial charge in [0.05, 0.1) is 12.0 Å². The van der Waals surface area contributed by atoms with Crippen molar-refractivity contribution in [2.45, 2.75) is 24.8 Å². The molecule has 0 radical (unpaired) electrons. The lowest BCUT2D eigenvalue weighted by atomic mass is 9.90. The number of carbonyl (C=O) groups is 2. The van der Waals surface area contributed by atoms with Gasteiger partial charge in [0.15, 0.2) is 0 Å². The molecule has 0 bridgehead atoms. The highest BCUT2D eigenvalue weighted by Gasteiger charge is 2.41. The number of hydrogen-bond acceptors (Lipinski definition) is 3. The van der Waals surface area contributed by atoms with Gasteiger partial charge in [-0.2, -0.15) is 0 Å². The number of imide groups is 1. The second kappa shape index (κ2) is 9.67. The Morgan fingerprint density at radius 1 is 1.00 bits per heavy atom. The molecule has 2 amide bonds. The van der Waals surface area contributed by atoms with E-state index in [0.29, 0.717) is 17.9 Å². The molecule has 1 heterocycles. The number of cyclic esters (lactones) is 1. The molecule has 0 aliphatic carbocycles. The number of halogens is 2. The smallest absolute Gasteiger partial charge is 0.417 e. The fourth-order valence-electron chi connectivity index (χ4n) is 3.83. The molecule has 3 aromatic carbocycles. The van der Waals surface area contributed by atoms with Crippen LogP contribution in [0.4, 0.5) is 4.79 Å². The summed E-state index contributed by atoms with van der Waals surface area (Å²) in [7, 11) is 0. The summed E-state index contributed by atoms with van der Waals surface area (Å²) in [6, 6.07) is 24.6. The minimum atomic E-state index is -0.579. The molecule has 0 saturated carbocycles. The first-order valence-corrected chi connectivity index (χ1v) is 11.2. The van der Waals surface area contributed by atoms with Crippen LogP contribution in [0.3, 0.4) is 0 Å². The van der Waals surface area contributed by atoms with Gasteiger partial charge in [0, 0.05) is 9.50 Å². The van der Waals surface area contributed by atoms with Gasteiger partial charge < -0.3 is 4.74 Å². The van der Waals surface area contributed by atoms with E-state index in [4.69, 9.17) is 16.3 Å². The van der Waals surface area contributed by atoms with E-state index in [1.54, 1.807) is 0 Å². The van der Waals surface area contributed by atoms with E-state index in [1.807, 2.05) is 78.9 Å². The predicted molar refractivity (Wildman–Crippen MR) is 124 cm³/mol. The second-order valence-corrected chi connectivity index (χ2v) is 8.92. The summed E-state index contributed by atoms with van der Waals surface area (Å²) in [4.78, 5) is 27.6. The zero-order chi connectivity index (χ0) is 21.8. The van der Waals surface area contributed by atoms with Crippen LogP contribution in [0.1, 0.15) is 22.6 Å². The van der Waals surface area contributed by atoms with E-state index in [-0.39, 0.29) is 18.6 Å². The van der Waals surface area contributed by atoms with Gasteiger partial charge >= 0.3 is 6.09 Å². The molecule has 158 valence electrons. The number of amides is 2. The van der Waals surface area contributed by atoms with Crippen LogP contribution < -0.4 is 0 Å². The summed E-state index contributed by atoms with van der Waals surface area (Å²) in [6.45, 7) is 0.202. The number of benzene rings is 3. The van der Waals surface area contributed by atoms with E-state index in [9.17, 15) is 9.59 Å². The van der Waals surface area contributed by atoms with Crippen LogP contribution in [-0.2, 0) is 22.4 Å². The molecule has 0 spiro atoms. The van der Waals surface area contributed by atoms with Crippen molar-refractivity contribution < 1.29 is 14.3 Å². The van der Waals surface area contributed by atoms with Gasteiger partial charge in [-0.1, -0.05) is 82.1 Å². The van der Waals surface area contributed by atoms with Crippen LogP contribution in [-0.4, -0.2) is 29.5 Å². The highest BCUT2D eigenvalue weighted by Crippen LogP contribution is 2.29. The Kier molecular flexibility index (Phi) is 6.73. The molecule has 3 aromatic rings. The molecule has 6 heteroatoms. The normalized spacial score (nSPS) is 16.8. The van der Waals surface area contributed by atoms with Crippen LogP contribution in [0.5, 0.6) is 0 Å². The highest BCUT2D eigenvalue weighted by atomic mass is 79.9. The summed E-state index contributed by atoms with van der Waals surface area (Å²) in [5.74, 6) is -0.765. The Labute approximate surface area is 194 Å². The summed E-state index contributed by atoms with van der Waals surface area (Å²) in [6.07, 6.45) is 0.440. The van der Waals surface area contributed by atoms with Gasteiger partial charge in [-0.05, 0) is 53.8 Å². The minimum absolute atomic E-state index is 0.202. The van der Waals surface area contributed by atoms with E-state index in [2.05, 4.69) is 15.9 Å². The molecule has 2 unspecified atom stereocenters. The Bertz CT molecular complexity index is 1050. The van der Waals surface area contributed by atoms with Crippen LogP contribution in [0, 0.1) is 0 Å². The maximum atomic E-state index is 13.7.